The van der Waals surface area contributed by atoms with Crippen LogP contribution in [0.4, 0.5) is 0 Å². The Balaban J connectivity index is 0.000000691. The number of hydrogen-bond donors (Lipinski definition) is 1. The molecule has 0 amide bonds. The molecule has 1 fully saturated rings. The number of aryl methyl sites for hydroxylation is 1. The molecule has 1 aromatic heterocycles. The Bertz CT molecular complexity index is 1130. The molecule has 40 heavy (non-hydrogen) atoms. The predicted molar refractivity (Wildman–Crippen MR) is 174 cm³/mol. The minimum absolute atomic E-state index is 0.411. The highest BCUT2D eigenvalue weighted by Crippen LogP contribution is 2.33. The fourth-order valence-corrected chi connectivity index (χ4v) is 4.95. The lowest BCUT2D eigenvalue weighted by atomic mass is 9.81. The van der Waals surface area contributed by atoms with Crippen molar-refractivity contribution >= 4 is 39.6 Å². The fourth-order valence-electron chi connectivity index (χ4n) is 4.26. The van der Waals surface area contributed by atoms with Crippen molar-refractivity contribution in [2.24, 2.45) is 22.8 Å². The molecule has 0 saturated heterocycles. The summed E-state index contributed by atoms with van der Waals surface area (Å²) in [5.74, 6) is 7.03. The number of thioether (sulfide) groups is 1. The van der Waals surface area contributed by atoms with Gasteiger partial charge in [0.05, 0.1) is 5.52 Å². The average molecular weight is 568 g/mol. The monoisotopic (exact) mass is 567 g/mol. The van der Waals surface area contributed by atoms with E-state index < -0.39 is 0 Å². The van der Waals surface area contributed by atoms with E-state index in [-0.39, 0.29) is 0 Å². The van der Waals surface area contributed by atoms with Gasteiger partial charge >= 0.3 is 0 Å². The highest BCUT2D eigenvalue weighted by Gasteiger charge is 2.26. The van der Waals surface area contributed by atoms with Crippen LogP contribution in [0.2, 0.25) is 0 Å². The lowest BCUT2D eigenvalue weighted by molar-refractivity contribution is 0.112. The van der Waals surface area contributed by atoms with Crippen LogP contribution in [0.5, 0.6) is 5.75 Å². The van der Waals surface area contributed by atoms with Gasteiger partial charge < -0.3 is 10.6 Å². The zero-order valence-corrected chi connectivity index (χ0v) is 26.5. The first-order valence-electron chi connectivity index (χ1n) is 14.5. The predicted octanol–water partition coefficient (Wildman–Crippen LogP) is 9.02. The Morgan fingerprint density at radius 2 is 1.62 bits per heavy atom. The zero-order chi connectivity index (χ0) is 30.3. The van der Waals surface area contributed by atoms with Crippen molar-refractivity contribution in [3.63, 3.8) is 0 Å². The SMILES string of the molecule is CC.CC.CC.CC1CCCCC1/C(=N/N)SC=O.Cc1cc(COc2ccc(C=O)cc2)c2ccccc2n1. The maximum atomic E-state index is 10.6. The molecule has 4 rings (SSSR count). The van der Waals surface area contributed by atoms with Crippen molar-refractivity contribution in [3.8, 4) is 5.75 Å². The number of fused-ring (bicyclic) bond motifs is 1. The van der Waals surface area contributed by atoms with E-state index in [1.807, 2.05) is 72.7 Å². The van der Waals surface area contributed by atoms with E-state index in [1.165, 1.54) is 19.3 Å². The van der Waals surface area contributed by atoms with Crippen molar-refractivity contribution in [1.82, 2.24) is 4.98 Å². The smallest absolute Gasteiger partial charge is 0.182 e. The number of hydrogen-bond acceptors (Lipinski definition) is 7. The van der Waals surface area contributed by atoms with Crippen LogP contribution >= 0.6 is 11.8 Å². The van der Waals surface area contributed by atoms with E-state index in [0.29, 0.717) is 24.0 Å². The fraction of sp³-hybridized carbons (Fsp3) is 0.455. The maximum absolute atomic E-state index is 10.6. The van der Waals surface area contributed by atoms with Gasteiger partial charge in [-0.05, 0) is 67.4 Å². The Morgan fingerprint density at radius 1 is 1.00 bits per heavy atom. The largest absolute Gasteiger partial charge is 0.489 e. The summed E-state index contributed by atoms with van der Waals surface area (Å²) < 4.78 is 5.81. The highest BCUT2D eigenvalue weighted by atomic mass is 32.2. The minimum Gasteiger partial charge on any atom is -0.489 e. The van der Waals surface area contributed by atoms with Gasteiger partial charge in [0.2, 0.25) is 0 Å². The summed E-state index contributed by atoms with van der Waals surface area (Å²) >= 11 is 1.13. The average Bonchev–Trinajstić information content (AvgIpc) is 3.02. The maximum Gasteiger partial charge on any atom is 0.182 e. The summed E-state index contributed by atoms with van der Waals surface area (Å²) in [5, 5.41) is 5.61. The van der Waals surface area contributed by atoms with E-state index >= 15 is 0 Å². The van der Waals surface area contributed by atoms with Gasteiger partial charge in [-0.15, -0.1) is 0 Å². The number of benzene rings is 2. The topological polar surface area (TPSA) is 94.6 Å². The van der Waals surface area contributed by atoms with Gasteiger partial charge in [0.25, 0.3) is 0 Å². The summed E-state index contributed by atoms with van der Waals surface area (Å²) in [5.41, 5.74) is 4.52. The zero-order valence-electron chi connectivity index (χ0n) is 25.6. The van der Waals surface area contributed by atoms with Crippen LogP contribution in [-0.4, -0.2) is 21.9 Å². The lowest BCUT2D eigenvalue weighted by Gasteiger charge is -2.28. The van der Waals surface area contributed by atoms with E-state index in [0.717, 1.165) is 63.0 Å². The van der Waals surface area contributed by atoms with Crippen LogP contribution in [0.1, 0.15) is 95.8 Å². The van der Waals surface area contributed by atoms with Gasteiger partial charge in [-0.25, -0.2) is 0 Å². The number of nitrogens with two attached hydrogens (primary N) is 1. The number of carbonyl (C=O) groups is 2. The summed E-state index contributed by atoms with van der Waals surface area (Å²) in [6.45, 7) is 16.7. The molecule has 1 saturated carbocycles. The number of pyridine rings is 1. The second kappa shape index (κ2) is 22.6. The Hall–Kier alpha value is -3.19. The van der Waals surface area contributed by atoms with Crippen molar-refractivity contribution in [2.45, 2.75) is 87.7 Å². The van der Waals surface area contributed by atoms with Crippen LogP contribution in [-0.2, 0) is 11.4 Å². The lowest BCUT2D eigenvalue weighted by Crippen LogP contribution is -2.24. The number of aromatic nitrogens is 1. The Kier molecular flexibility index (Phi) is 20.8. The van der Waals surface area contributed by atoms with Crippen LogP contribution in [0, 0.1) is 18.8 Å². The standard InChI is InChI=1S/C18H15NO2.C9H16N2OS.3C2H6/c1-13-10-15(17-4-2-3-5-18(17)19-13)12-21-16-8-6-14(11-20)7-9-16;1-7-4-2-3-5-8(7)9(11-10)13-6-12;3*1-2/h2-11H,12H2,1H3;6-8H,2-5,10H2,1H3;3*1-2H3/b;11-9-;;;. The number of para-hydroxylation sites is 1. The molecule has 2 atom stereocenters. The molecule has 1 heterocycles. The molecule has 0 spiro atoms. The highest BCUT2D eigenvalue weighted by molar-refractivity contribution is 8.24. The van der Waals surface area contributed by atoms with E-state index in [4.69, 9.17) is 10.6 Å². The quantitative estimate of drug-likeness (QED) is 0.105. The third-order valence-electron chi connectivity index (χ3n) is 6.07. The van der Waals surface area contributed by atoms with Crippen LogP contribution in [0.3, 0.4) is 0 Å². The van der Waals surface area contributed by atoms with Gasteiger partial charge in [-0.2, -0.15) is 5.10 Å². The van der Waals surface area contributed by atoms with Gasteiger partial charge in [-0.3, -0.25) is 14.6 Å². The molecule has 2 unspecified atom stereocenters. The van der Waals surface area contributed by atoms with Crippen LogP contribution in [0.15, 0.2) is 59.7 Å². The molecule has 0 aliphatic heterocycles. The number of ether oxygens (including phenoxy) is 1. The molecule has 2 N–H and O–H groups in total. The van der Waals surface area contributed by atoms with Gasteiger partial charge in [0, 0.05) is 28.1 Å². The molecule has 2 aromatic carbocycles. The van der Waals surface area contributed by atoms with Crippen molar-refractivity contribution < 1.29 is 14.3 Å². The van der Waals surface area contributed by atoms with Gasteiger partial charge in [0.1, 0.15) is 23.7 Å². The Labute approximate surface area is 246 Å². The second-order valence-electron chi connectivity index (χ2n) is 8.47. The summed E-state index contributed by atoms with van der Waals surface area (Å²) in [7, 11) is 0. The van der Waals surface area contributed by atoms with Gasteiger partial charge in [0.15, 0.2) is 5.62 Å². The third kappa shape index (κ3) is 12.3. The molecule has 220 valence electrons. The minimum atomic E-state index is 0.411. The van der Waals surface area contributed by atoms with Crippen molar-refractivity contribution in [3.05, 3.63) is 71.4 Å². The number of rotatable bonds is 6. The molecule has 1 aliphatic carbocycles. The number of aldehydes is 1. The summed E-state index contributed by atoms with van der Waals surface area (Å²) in [6.07, 6.45) is 5.69. The van der Waals surface area contributed by atoms with Crippen molar-refractivity contribution in [1.29, 1.82) is 0 Å². The molecule has 3 aromatic rings. The normalized spacial score (nSPS) is 15.8. The number of hydrazone groups is 1. The number of carbonyl (C=O) groups excluding carboxylic acids is 2. The molecule has 0 radical (unpaired) electrons. The molecular weight excluding hydrogens is 518 g/mol. The second-order valence-corrected chi connectivity index (χ2v) is 9.31. The van der Waals surface area contributed by atoms with E-state index in [2.05, 4.69) is 23.1 Å². The summed E-state index contributed by atoms with van der Waals surface area (Å²) in [6, 6.07) is 17.2. The molecule has 1 aliphatic rings. The summed E-state index contributed by atoms with van der Waals surface area (Å²) in [4.78, 5) is 25.5. The molecule has 6 nitrogen and oxygen atoms in total. The van der Waals surface area contributed by atoms with E-state index in [9.17, 15) is 9.59 Å². The van der Waals surface area contributed by atoms with Gasteiger partial charge in [-0.1, -0.05) is 85.9 Å². The van der Waals surface area contributed by atoms with Crippen molar-refractivity contribution in [2.75, 3.05) is 0 Å². The first kappa shape index (κ1) is 36.8. The first-order chi connectivity index (χ1) is 19.5. The van der Waals surface area contributed by atoms with Crippen LogP contribution in [0.25, 0.3) is 10.9 Å². The first-order valence-corrected chi connectivity index (χ1v) is 15.3. The molecular formula is C33H49N3O3S. The third-order valence-corrected chi connectivity index (χ3v) is 6.81. The molecule has 7 heteroatoms. The molecule has 0 bridgehead atoms. The van der Waals surface area contributed by atoms with E-state index in [1.54, 1.807) is 24.3 Å². The number of nitrogens with zero attached hydrogens (tertiary/aromatic N) is 2. The van der Waals surface area contributed by atoms with Crippen LogP contribution < -0.4 is 10.6 Å². The Morgan fingerprint density at radius 3 is 2.20 bits per heavy atom.